The Balaban J connectivity index is 1.95. The highest BCUT2D eigenvalue weighted by atomic mass is 32.1. The maximum atomic E-state index is 12.2. The first kappa shape index (κ1) is 14.1. The van der Waals surface area contributed by atoms with Crippen molar-refractivity contribution in [1.82, 2.24) is 19.2 Å². The Morgan fingerprint density at radius 3 is 2.74 bits per heavy atom. The van der Waals surface area contributed by atoms with Crippen LogP contribution in [0.15, 0.2) is 41.3 Å². The second-order valence-corrected chi connectivity index (χ2v) is 6.59. The molecule has 4 aromatic rings. The fourth-order valence-corrected chi connectivity index (χ4v) is 3.94. The molecule has 3 aromatic heterocycles. The summed E-state index contributed by atoms with van der Waals surface area (Å²) in [7, 11) is 0. The van der Waals surface area contributed by atoms with Crippen LogP contribution < -0.4 is 5.56 Å². The zero-order valence-electron chi connectivity index (χ0n) is 13.0. The molecule has 0 aliphatic heterocycles. The van der Waals surface area contributed by atoms with E-state index in [-0.39, 0.29) is 5.56 Å². The highest BCUT2D eigenvalue weighted by Crippen LogP contribution is 2.26. The molecule has 5 nitrogen and oxygen atoms in total. The summed E-state index contributed by atoms with van der Waals surface area (Å²) in [6.07, 6.45) is 2.62. The van der Waals surface area contributed by atoms with Crippen LogP contribution in [-0.4, -0.2) is 19.2 Å². The number of hydrogen-bond donors (Lipinski definition) is 0. The highest BCUT2D eigenvalue weighted by Gasteiger charge is 2.16. The largest absolute Gasteiger partial charge is 0.285 e. The van der Waals surface area contributed by atoms with Gasteiger partial charge in [-0.3, -0.25) is 13.9 Å². The number of hydrogen-bond acceptors (Lipinski definition) is 4. The number of aromatic nitrogens is 4. The van der Waals surface area contributed by atoms with Crippen molar-refractivity contribution < 1.29 is 0 Å². The van der Waals surface area contributed by atoms with Crippen molar-refractivity contribution in [3.8, 4) is 0 Å². The van der Waals surface area contributed by atoms with Crippen LogP contribution in [0.3, 0.4) is 0 Å². The van der Waals surface area contributed by atoms with E-state index in [1.54, 1.807) is 22.2 Å². The summed E-state index contributed by atoms with van der Waals surface area (Å²) < 4.78 is 3.79. The van der Waals surface area contributed by atoms with E-state index in [4.69, 9.17) is 0 Å². The molecule has 0 N–H and O–H groups in total. The number of fused-ring (bicyclic) bond motifs is 3. The monoisotopic (exact) mass is 324 g/mol. The Labute approximate surface area is 136 Å². The van der Waals surface area contributed by atoms with Gasteiger partial charge >= 0.3 is 0 Å². The SMILES string of the molecule is CCn1cc2c(=O)nc3sc(Cc4ccccc4)c(C)n3c2n1. The number of aryl methyl sites for hydroxylation is 2. The number of thiazole rings is 1. The molecule has 1 aromatic carbocycles. The lowest BCUT2D eigenvalue weighted by atomic mass is 10.1. The molecule has 0 fully saturated rings. The summed E-state index contributed by atoms with van der Waals surface area (Å²) in [4.78, 5) is 18.4. The molecular weight excluding hydrogens is 308 g/mol. The average molecular weight is 324 g/mol. The molecular formula is C17H16N4OS. The fraction of sp³-hybridized carbons (Fsp3) is 0.235. The zero-order valence-corrected chi connectivity index (χ0v) is 13.8. The Bertz CT molecular complexity index is 1060. The van der Waals surface area contributed by atoms with Gasteiger partial charge in [0.1, 0.15) is 5.39 Å². The minimum atomic E-state index is -0.202. The van der Waals surface area contributed by atoms with Crippen LogP contribution in [0.5, 0.6) is 0 Å². The standard InChI is InChI=1S/C17H16N4OS/c1-3-20-10-13-15(19-20)21-11(2)14(23-17(21)18-16(13)22)9-12-7-5-4-6-8-12/h4-8,10H,3,9H2,1-2H3. The number of rotatable bonds is 3. The van der Waals surface area contributed by atoms with Crippen LogP contribution >= 0.6 is 11.3 Å². The third-order valence-corrected chi connectivity index (χ3v) is 5.20. The zero-order chi connectivity index (χ0) is 16.0. The lowest BCUT2D eigenvalue weighted by molar-refractivity contribution is 0.664. The summed E-state index contributed by atoms with van der Waals surface area (Å²) >= 11 is 1.57. The van der Waals surface area contributed by atoms with Crippen molar-refractivity contribution >= 4 is 27.3 Å². The van der Waals surface area contributed by atoms with E-state index in [0.717, 1.165) is 18.7 Å². The van der Waals surface area contributed by atoms with Gasteiger partial charge in [-0.05, 0) is 19.4 Å². The quantitative estimate of drug-likeness (QED) is 0.582. The lowest BCUT2D eigenvalue weighted by Gasteiger charge is -2.01. The summed E-state index contributed by atoms with van der Waals surface area (Å²) in [5.41, 5.74) is 2.86. The number of nitrogens with zero attached hydrogens (tertiary/aromatic N) is 4. The summed E-state index contributed by atoms with van der Waals surface area (Å²) in [6.45, 7) is 4.81. The molecule has 3 heterocycles. The minimum Gasteiger partial charge on any atom is -0.271 e. The normalized spacial score (nSPS) is 11.6. The molecule has 116 valence electrons. The van der Waals surface area contributed by atoms with E-state index in [0.29, 0.717) is 16.0 Å². The first-order valence-corrected chi connectivity index (χ1v) is 8.41. The highest BCUT2D eigenvalue weighted by molar-refractivity contribution is 7.17. The van der Waals surface area contributed by atoms with Gasteiger partial charge < -0.3 is 0 Å². The van der Waals surface area contributed by atoms with Crippen LogP contribution in [0.4, 0.5) is 0 Å². The summed E-state index contributed by atoms with van der Waals surface area (Å²) in [5, 5.41) is 5.13. The Morgan fingerprint density at radius 1 is 1.22 bits per heavy atom. The Kier molecular flexibility index (Phi) is 3.27. The van der Waals surface area contributed by atoms with Crippen molar-refractivity contribution in [2.75, 3.05) is 0 Å². The molecule has 0 amide bonds. The summed E-state index contributed by atoms with van der Waals surface area (Å²) in [5.74, 6) is 0. The van der Waals surface area contributed by atoms with Crippen LogP contribution in [-0.2, 0) is 13.0 Å². The van der Waals surface area contributed by atoms with Gasteiger partial charge in [-0.1, -0.05) is 30.3 Å². The van der Waals surface area contributed by atoms with Gasteiger partial charge in [-0.2, -0.15) is 10.1 Å². The third kappa shape index (κ3) is 2.26. The Morgan fingerprint density at radius 2 is 2.00 bits per heavy atom. The molecule has 0 aliphatic rings. The average Bonchev–Trinajstić information content (AvgIpc) is 3.11. The van der Waals surface area contributed by atoms with Crippen molar-refractivity contribution in [3.05, 3.63) is 63.0 Å². The van der Waals surface area contributed by atoms with E-state index in [2.05, 4.69) is 29.1 Å². The van der Waals surface area contributed by atoms with Crippen molar-refractivity contribution in [3.63, 3.8) is 0 Å². The van der Waals surface area contributed by atoms with Crippen LogP contribution in [0, 0.1) is 6.92 Å². The molecule has 23 heavy (non-hydrogen) atoms. The maximum Gasteiger partial charge on any atom is 0.285 e. The molecule has 0 spiro atoms. The third-order valence-electron chi connectivity index (χ3n) is 4.06. The van der Waals surface area contributed by atoms with Gasteiger partial charge in [0.15, 0.2) is 10.6 Å². The van der Waals surface area contributed by atoms with Gasteiger partial charge in [0.05, 0.1) is 0 Å². The molecule has 0 saturated carbocycles. The topological polar surface area (TPSA) is 52.2 Å². The van der Waals surface area contributed by atoms with E-state index in [1.807, 2.05) is 29.5 Å². The fourth-order valence-electron chi connectivity index (χ4n) is 2.80. The van der Waals surface area contributed by atoms with Gasteiger partial charge in [-0.15, -0.1) is 11.3 Å². The minimum absolute atomic E-state index is 0.202. The van der Waals surface area contributed by atoms with E-state index in [1.165, 1.54) is 10.4 Å². The first-order chi connectivity index (χ1) is 11.2. The maximum absolute atomic E-state index is 12.2. The molecule has 4 rings (SSSR count). The summed E-state index contributed by atoms with van der Waals surface area (Å²) in [6, 6.07) is 10.3. The second kappa shape index (κ2) is 5.31. The van der Waals surface area contributed by atoms with Gasteiger partial charge in [0.2, 0.25) is 0 Å². The van der Waals surface area contributed by atoms with Gasteiger partial charge in [-0.25, -0.2) is 0 Å². The first-order valence-electron chi connectivity index (χ1n) is 7.59. The molecule has 0 unspecified atom stereocenters. The smallest absolute Gasteiger partial charge is 0.271 e. The molecule has 0 bridgehead atoms. The predicted molar refractivity (Wildman–Crippen MR) is 92.3 cm³/mol. The molecule has 0 aliphatic carbocycles. The van der Waals surface area contributed by atoms with Crippen LogP contribution in [0.2, 0.25) is 0 Å². The van der Waals surface area contributed by atoms with Gasteiger partial charge in [0.25, 0.3) is 5.56 Å². The second-order valence-electron chi connectivity index (χ2n) is 5.53. The molecule has 6 heteroatoms. The van der Waals surface area contributed by atoms with Crippen molar-refractivity contribution in [1.29, 1.82) is 0 Å². The van der Waals surface area contributed by atoms with Crippen LogP contribution in [0.1, 0.15) is 23.1 Å². The molecule has 0 saturated heterocycles. The lowest BCUT2D eigenvalue weighted by Crippen LogP contribution is -2.08. The van der Waals surface area contributed by atoms with Crippen LogP contribution in [0.25, 0.3) is 16.0 Å². The van der Waals surface area contributed by atoms with E-state index >= 15 is 0 Å². The van der Waals surface area contributed by atoms with Gasteiger partial charge in [0, 0.05) is 29.7 Å². The predicted octanol–water partition coefficient (Wildman–Crippen LogP) is 3.02. The molecule has 0 radical (unpaired) electrons. The van der Waals surface area contributed by atoms with E-state index < -0.39 is 0 Å². The molecule has 0 atom stereocenters. The number of benzene rings is 1. The van der Waals surface area contributed by atoms with Crippen molar-refractivity contribution in [2.45, 2.75) is 26.8 Å². The Hall–Kier alpha value is -2.47. The van der Waals surface area contributed by atoms with Crippen molar-refractivity contribution in [2.24, 2.45) is 0 Å². The van der Waals surface area contributed by atoms with E-state index in [9.17, 15) is 4.79 Å².